The summed E-state index contributed by atoms with van der Waals surface area (Å²) in [6, 6.07) is 7.05. The number of benzene rings is 1. The maximum absolute atomic E-state index is 12.9. The Kier molecular flexibility index (Phi) is 4.81. The molecule has 2 aliphatic heterocycles. The molecular weight excluding hydrogens is 400 g/mol. The second-order valence-corrected chi connectivity index (χ2v) is 9.77. The number of nitrogens with one attached hydrogen (secondary N) is 1. The van der Waals surface area contributed by atoms with Crippen LogP contribution >= 0.6 is 11.6 Å². The minimum absolute atomic E-state index is 0.0288. The van der Waals surface area contributed by atoms with Gasteiger partial charge >= 0.3 is 0 Å². The van der Waals surface area contributed by atoms with Crippen molar-refractivity contribution in [2.45, 2.75) is 25.9 Å². The highest BCUT2D eigenvalue weighted by Gasteiger charge is 2.36. The molecule has 0 spiro atoms. The van der Waals surface area contributed by atoms with Crippen molar-refractivity contribution in [3.05, 3.63) is 52.8 Å². The molecule has 0 aliphatic carbocycles. The normalized spacial score (nSPS) is 20.2. The first-order valence-electron chi connectivity index (χ1n) is 9.12. The number of rotatable bonds is 5. The lowest BCUT2D eigenvalue weighted by Gasteiger charge is -2.38. The topological polar surface area (TPSA) is 82.6 Å². The van der Waals surface area contributed by atoms with Crippen LogP contribution in [0.2, 0.25) is 5.02 Å². The third-order valence-corrected chi connectivity index (χ3v) is 7.33. The molecule has 4 rings (SSSR count). The maximum Gasteiger partial charge on any atom is 0.259 e. The van der Waals surface area contributed by atoms with Gasteiger partial charge in [-0.1, -0.05) is 11.6 Å². The number of halogens is 1. The van der Waals surface area contributed by atoms with E-state index in [1.807, 2.05) is 19.1 Å². The Morgan fingerprint density at radius 3 is 2.71 bits per heavy atom. The molecule has 1 unspecified atom stereocenters. The molecule has 1 aromatic heterocycles. The van der Waals surface area contributed by atoms with E-state index >= 15 is 0 Å². The van der Waals surface area contributed by atoms with E-state index in [1.54, 1.807) is 36.4 Å². The zero-order valence-electron chi connectivity index (χ0n) is 15.6. The van der Waals surface area contributed by atoms with Crippen molar-refractivity contribution in [1.29, 1.82) is 0 Å². The molecule has 0 bridgehead atoms. The predicted molar refractivity (Wildman–Crippen MR) is 109 cm³/mol. The lowest BCUT2D eigenvalue weighted by Crippen LogP contribution is -2.57. The van der Waals surface area contributed by atoms with E-state index < -0.39 is 10.0 Å². The summed E-state index contributed by atoms with van der Waals surface area (Å²) in [6.07, 6.45) is 3.33. The van der Waals surface area contributed by atoms with Gasteiger partial charge in [-0.15, -0.1) is 0 Å². The number of fused-ring (bicyclic) bond motifs is 1. The smallest absolute Gasteiger partial charge is 0.259 e. The molecular formula is C19H21ClN4O3S. The summed E-state index contributed by atoms with van der Waals surface area (Å²) in [7, 11) is -3.14. The van der Waals surface area contributed by atoms with E-state index in [0.717, 1.165) is 11.3 Å². The SMILES string of the molecule is CCS(=O)(=O)N1CC(Nc2cncc(N3C(=O)c4ccc(Cl)cc4C3C)c2)C1. The fourth-order valence-electron chi connectivity index (χ4n) is 3.67. The minimum Gasteiger partial charge on any atom is -0.378 e. The lowest BCUT2D eigenvalue weighted by atomic mass is 10.1. The van der Waals surface area contributed by atoms with E-state index in [4.69, 9.17) is 11.6 Å². The second kappa shape index (κ2) is 7.02. The molecule has 1 saturated heterocycles. The molecule has 28 heavy (non-hydrogen) atoms. The van der Waals surface area contributed by atoms with Crippen LogP contribution in [0.15, 0.2) is 36.7 Å². The Balaban J connectivity index is 1.50. The van der Waals surface area contributed by atoms with Gasteiger partial charge in [-0.3, -0.25) is 14.7 Å². The highest BCUT2D eigenvalue weighted by molar-refractivity contribution is 7.89. The van der Waals surface area contributed by atoms with Crippen LogP contribution < -0.4 is 10.2 Å². The van der Waals surface area contributed by atoms with Gasteiger partial charge in [0.2, 0.25) is 10.0 Å². The molecule has 148 valence electrons. The molecule has 1 aromatic carbocycles. The third kappa shape index (κ3) is 3.25. The van der Waals surface area contributed by atoms with Gasteiger partial charge in [0, 0.05) is 23.7 Å². The van der Waals surface area contributed by atoms with Crippen molar-refractivity contribution < 1.29 is 13.2 Å². The molecule has 9 heteroatoms. The first-order valence-corrected chi connectivity index (χ1v) is 11.1. The van der Waals surface area contributed by atoms with Crippen molar-refractivity contribution in [3.8, 4) is 0 Å². The molecule has 1 amide bonds. The highest BCUT2D eigenvalue weighted by atomic mass is 35.5. The van der Waals surface area contributed by atoms with Crippen LogP contribution in [0.5, 0.6) is 0 Å². The van der Waals surface area contributed by atoms with Crippen LogP contribution in [0, 0.1) is 0 Å². The lowest BCUT2D eigenvalue weighted by molar-refractivity contribution is 0.0992. The first kappa shape index (κ1) is 19.2. The molecule has 2 aromatic rings. The fourth-order valence-corrected chi connectivity index (χ4v) is 5.03. The Labute approximate surface area is 169 Å². The van der Waals surface area contributed by atoms with Gasteiger partial charge in [-0.2, -0.15) is 4.31 Å². The van der Waals surface area contributed by atoms with Crippen LogP contribution in [0.25, 0.3) is 0 Å². The Morgan fingerprint density at radius 1 is 1.25 bits per heavy atom. The van der Waals surface area contributed by atoms with Crippen LogP contribution in [0.4, 0.5) is 11.4 Å². The number of sulfonamides is 1. The molecule has 0 radical (unpaired) electrons. The summed E-state index contributed by atoms with van der Waals surface area (Å²) < 4.78 is 25.2. The minimum atomic E-state index is -3.14. The number of amides is 1. The highest BCUT2D eigenvalue weighted by Crippen LogP contribution is 2.38. The van der Waals surface area contributed by atoms with Gasteiger partial charge in [-0.25, -0.2) is 8.42 Å². The van der Waals surface area contributed by atoms with E-state index in [0.29, 0.717) is 29.4 Å². The molecule has 2 aliphatic rings. The molecule has 7 nitrogen and oxygen atoms in total. The molecule has 0 saturated carbocycles. The van der Waals surface area contributed by atoms with Crippen molar-refractivity contribution in [2.75, 3.05) is 29.1 Å². The monoisotopic (exact) mass is 420 g/mol. The molecule has 1 fully saturated rings. The van der Waals surface area contributed by atoms with Crippen LogP contribution in [-0.2, 0) is 10.0 Å². The number of carbonyl (C=O) groups excluding carboxylic acids is 1. The predicted octanol–water partition coefficient (Wildman–Crippen LogP) is 2.90. The summed E-state index contributed by atoms with van der Waals surface area (Å²) >= 11 is 6.09. The first-order chi connectivity index (χ1) is 13.3. The van der Waals surface area contributed by atoms with Gasteiger partial charge in [0.1, 0.15) is 0 Å². The molecule has 1 N–H and O–H groups in total. The van der Waals surface area contributed by atoms with Crippen LogP contribution in [0.1, 0.15) is 35.8 Å². The summed E-state index contributed by atoms with van der Waals surface area (Å²) in [5, 5.41) is 3.90. The number of pyridine rings is 1. The summed E-state index contributed by atoms with van der Waals surface area (Å²) in [5.41, 5.74) is 2.99. The standard InChI is InChI=1S/C19H21ClN4O3S/c1-3-28(26,27)23-10-15(11-23)22-14-7-16(9-21-8-14)24-12(2)18-6-13(20)4-5-17(18)19(24)25/h4-9,12,15,22H,3,10-11H2,1-2H3. The van der Waals surface area contributed by atoms with Gasteiger partial charge in [0.25, 0.3) is 5.91 Å². The summed E-state index contributed by atoms with van der Waals surface area (Å²) in [4.78, 5) is 18.8. The Morgan fingerprint density at radius 2 is 2.00 bits per heavy atom. The van der Waals surface area contributed by atoms with Crippen molar-refractivity contribution >= 4 is 38.9 Å². The van der Waals surface area contributed by atoms with Crippen molar-refractivity contribution in [2.24, 2.45) is 0 Å². The quantitative estimate of drug-likeness (QED) is 0.804. The van der Waals surface area contributed by atoms with E-state index in [2.05, 4.69) is 10.3 Å². The molecule has 1 atom stereocenters. The van der Waals surface area contributed by atoms with E-state index in [1.165, 1.54) is 4.31 Å². The number of hydrogen-bond acceptors (Lipinski definition) is 5. The number of nitrogens with zero attached hydrogens (tertiary/aromatic N) is 3. The van der Waals surface area contributed by atoms with Gasteiger partial charge in [0.05, 0.1) is 41.6 Å². The number of anilines is 2. The van der Waals surface area contributed by atoms with E-state index in [-0.39, 0.29) is 23.7 Å². The average Bonchev–Trinajstić information content (AvgIpc) is 2.88. The van der Waals surface area contributed by atoms with Crippen LogP contribution in [-0.4, -0.2) is 48.5 Å². The number of carbonyl (C=O) groups is 1. The number of hydrogen-bond donors (Lipinski definition) is 1. The zero-order chi connectivity index (χ0) is 20.1. The number of aromatic nitrogens is 1. The van der Waals surface area contributed by atoms with Crippen molar-refractivity contribution in [3.63, 3.8) is 0 Å². The third-order valence-electron chi connectivity index (χ3n) is 5.28. The van der Waals surface area contributed by atoms with Gasteiger partial charge in [0.15, 0.2) is 0 Å². The Hall–Kier alpha value is -2.16. The van der Waals surface area contributed by atoms with Gasteiger partial charge in [-0.05, 0) is 43.7 Å². The zero-order valence-corrected chi connectivity index (χ0v) is 17.2. The summed E-state index contributed by atoms with van der Waals surface area (Å²) in [5.74, 6) is 0.0259. The molecule has 3 heterocycles. The second-order valence-electron chi connectivity index (χ2n) is 7.07. The largest absolute Gasteiger partial charge is 0.378 e. The van der Waals surface area contributed by atoms with Crippen LogP contribution in [0.3, 0.4) is 0 Å². The van der Waals surface area contributed by atoms with Gasteiger partial charge < -0.3 is 5.32 Å². The average molecular weight is 421 g/mol. The Bertz CT molecular complexity index is 1040. The van der Waals surface area contributed by atoms with Crippen molar-refractivity contribution in [1.82, 2.24) is 9.29 Å². The fraction of sp³-hybridized carbons (Fsp3) is 0.368. The summed E-state index contributed by atoms with van der Waals surface area (Å²) in [6.45, 7) is 4.47. The maximum atomic E-state index is 12.9. The van der Waals surface area contributed by atoms with E-state index in [9.17, 15) is 13.2 Å².